The molecule has 0 bridgehead atoms. The van der Waals surface area contributed by atoms with E-state index in [1.165, 1.54) is 16.9 Å². The van der Waals surface area contributed by atoms with Gasteiger partial charge in [-0.05, 0) is 6.07 Å². The summed E-state index contributed by atoms with van der Waals surface area (Å²) in [6, 6.07) is 1.40. The van der Waals surface area contributed by atoms with Crippen LogP contribution in [-0.2, 0) is 16.1 Å². The molecule has 0 atom stereocenters. The topological polar surface area (TPSA) is 81.4 Å². The number of carboxylic acids is 1. The van der Waals surface area contributed by atoms with Gasteiger partial charge in [-0.15, -0.1) is 0 Å². The number of nitrogens with zero attached hydrogens (tertiary/aromatic N) is 2. The normalized spacial score (nSPS) is 10.4. The van der Waals surface area contributed by atoms with Crippen LogP contribution in [0.1, 0.15) is 24.3 Å². The van der Waals surface area contributed by atoms with Gasteiger partial charge in [-0.25, -0.2) is 4.79 Å². The largest absolute Gasteiger partial charge is 0.476 e. The van der Waals surface area contributed by atoms with E-state index in [9.17, 15) is 9.59 Å². The molecule has 0 unspecified atom stereocenters. The van der Waals surface area contributed by atoms with Crippen molar-refractivity contribution in [3.63, 3.8) is 0 Å². The van der Waals surface area contributed by atoms with Gasteiger partial charge in [0.15, 0.2) is 5.69 Å². The highest BCUT2D eigenvalue weighted by Crippen LogP contribution is 1.98. The molecule has 16 heavy (non-hydrogen) atoms. The van der Waals surface area contributed by atoms with Gasteiger partial charge in [0.2, 0.25) is 0 Å². The van der Waals surface area contributed by atoms with E-state index >= 15 is 0 Å². The summed E-state index contributed by atoms with van der Waals surface area (Å²) in [5, 5.41) is 12.4. The number of rotatable bonds is 5. The Balaban J connectivity index is 2.37. The molecule has 1 aromatic heterocycles. The lowest BCUT2D eigenvalue weighted by atomic mass is 10.2. The van der Waals surface area contributed by atoms with Crippen LogP contribution in [0.25, 0.3) is 0 Å². The van der Waals surface area contributed by atoms with E-state index in [1.54, 1.807) is 13.8 Å². The van der Waals surface area contributed by atoms with Crippen molar-refractivity contribution in [2.24, 2.45) is 5.92 Å². The molecule has 0 aromatic carbocycles. The summed E-state index contributed by atoms with van der Waals surface area (Å²) in [6.45, 7) is 4.04. The summed E-state index contributed by atoms with van der Waals surface area (Å²) >= 11 is 0. The standard InChI is InChI=1S/C10H14N2O4/c1-7(2)10(15)16-6-5-12-4-3-8(11-12)9(13)14/h3-4,7H,5-6H2,1-2H3,(H,13,14). The Kier molecular flexibility index (Phi) is 4.04. The van der Waals surface area contributed by atoms with Crippen LogP contribution in [0.2, 0.25) is 0 Å². The molecule has 1 aromatic rings. The molecule has 0 aliphatic heterocycles. The number of carboxylic acid groups (broad SMARTS) is 1. The van der Waals surface area contributed by atoms with Crippen LogP contribution in [0.3, 0.4) is 0 Å². The molecule has 0 saturated heterocycles. The molecule has 6 nitrogen and oxygen atoms in total. The molecule has 0 radical (unpaired) electrons. The zero-order chi connectivity index (χ0) is 12.1. The monoisotopic (exact) mass is 226 g/mol. The summed E-state index contributed by atoms with van der Waals surface area (Å²) in [5.41, 5.74) is -0.0183. The number of aromatic nitrogens is 2. The predicted octanol–water partition coefficient (Wildman–Crippen LogP) is 0.780. The Morgan fingerprint density at radius 2 is 2.25 bits per heavy atom. The fraction of sp³-hybridized carbons (Fsp3) is 0.500. The molecule has 0 spiro atoms. The minimum atomic E-state index is -1.07. The van der Waals surface area contributed by atoms with E-state index in [-0.39, 0.29) is 24.2 Å². The van der Waals surface area contributed by atoms with Crippen molar-refractivity contribution in [2.75, 3.05) is 6.61 Å². The van der Waals surface area contributed by atoms with E-state index in [0.29, 0.717) is 6.54 Å². The van der Waals surface area contributed by atoms with Gasteiger partial charge < -0.3 is 9.84 Å². The fourth-order valence-electron chi connectivity index (χ4n) is 1.01. The predicted molar refractivity (Wildman–Crippen MR) is 55.0 cm³/mol. The van der Waals surface area contributed by atoms with Gasteiger partial charge in [0.05, 0.1) is 12.5 Å². The average Bonchev–Trinajstić information content (AvgIpc) is 2.66. The lowest BCUT2D eigenvalue weighted by Gasteiger charge is -2.06. The van der Waals surface area contributed by atoms with Gasteiger partial charge in [-0.1, -0.05) is 13.8 Å². The minimum absolute atomic E-state index is 0.0183. The van der Waals surface area contributed by atoms with E-state index in [2.05, 4.69) is 5.10 Å². The third-order valence-electron chi connectivity index (χ3n) is 1.90. The van der Waals surface area contributed by atoms with Crippen LogP contribution in [-0.4, -0.2) is 33.4 Å². The molecule has 1 N–H and O–H groups in total. The zero-order valence-electron chi connectivity index (χ0n) is 9.21. The molecule has 0 saturated carbocycles. The maximum Gasteiger partial charge on any atom is 0.356 e. The summed E-state index contributed by atoms with van der Waals surface area (Å²) in [7, 11) is 0. The van der Waals surface area contributed by atoms with Crippen LogP contribution in [0, 0.1) is 5.92 Å². The highest BCUT2D eigenvalue weighted by Gasteiger charge is 2.09. The molecule has 0 aliphatic rings. The second-order valence-corrected chi connectivity index (χ2v) is 3.59. The number of ether oxygens (including phenoxy) is 1. The lowest BCUT2D eigenvalue weighted by molar-refractivity contribution is -0.147. The Hall–Kier alpha value is -1.85. The van der Waals surface area contributed by atoms with Crippen molar-refractivity contribution < 1.29 is 19.4 Å². The molecule has 6 heteroatoms. The first-order chi connectivity index (χ1) is 7.50. The fourth-order valence-corrected chi connectivity index (χ4v) is 1.01. The lowest BCUT2D eigenvalue weighted by Crippen LogP contribution is -2.16. The third kappa shape index (κ3) is 3.38. The second kappa shape index (κ2) is 5.29. The number of hydrogen-bond donors (Lipinski definition) is 1. The number of esters is 1. The maximum absolute atomic E-state index is 11.1. The van der Waals surface area contributed by atoms with Crippen LogP contribution >= 0.6 is 0 Å². The maximum atomic E-state index is 11.1. The number of carbonyl (C=O) groups is 2. The molecular formula is C10H14N2O4. The smallest absolute Gasteiger partial charge is 0.356 e. The number of carbonyl (C=O) groups excluding carboxylic acids is 1. The molecule has 0 fully saturated rings. The number of aromatic carboxylic acids is 1. The van der Waals surface area contributed by atoms with Crippen molar-refractivity contribution in [3.8, 4) is 0 Å². The first-order valence-electron chi connectivity index (χ1n) is 4.94. The quantitative estimate of drug-likeness (QED) is 0.750. The summed E-state index contributed by atoms with van der Waals surface area (Å²) in [6.07, 6.45) is 1.53. The van der Waals surface area contributed by atoms with Crippen molar-refractivity contribution in [1.82, 2.24) is 9.78 Å². The van der Waals surface area contributed by atoms with Crippen LogP contribution in [0.15, 0.2) is 12.3 Å². The van der Waals surface area contributed by atoms with Gasteiger partial charge in [-0.2, -0.15) is 5.10 Å². The Morgan fingerprint density at radius 1 is 1.56 bits per heavy atom. The Morgan fingerprint density at radius 3 is 2.75 bits per heavy atom. The zero-order valence-corrected chi connectivity index (χ0v) is 9.21. The molecule has 0 aliphatic carbocycles. The van der Waals surface area contributed by atoms with E-state index < -0.39 is 5.97 Å². The first kappa shape index (κ1) is 12.2. The molecule has 1 rings (SSSR count). The summed E-state index contributed by atoms with van der Waals surface area (Å²) < 4.78 is 6.36. The minimum Gasteiger partial charge on any atom is -0.476 e. The van der Waals surface area contributed by atoms with Crippen molar-refractivity contribution in [1.29, 1.82) is 0 Å². The highest BCUT2D eigenvalue weighted by atomic mass is 16.5. The highest BCUT2D eigenvalue weighted by molar-refractivity contribution is 5.85. The van der Waals surface area contributed by atoms with Gasteiger partial charge >= 0.3 is 11.9 Å². The van der Waals surface area contributed by atoms with E-state index in [0.717, 1.165) is 0 Å². The van der Waals surface area contributed by atoms with Gasteiger partial charge in [0, 0.05) is 6.20 Å². The van der Waals surface area contributed by atoms with Crippen LogP contribution < -0.4 is 0 Å². The SMILES string of the molecule is CC(C)C(=O)OCCn1ccc(C(=O)O)n1. The molecule has 88 valence electrons. The van der Waals surface area contributed by atoms with Gasteiger partial charge in [0.25, 0.3) is 0 Å². The average molecular weight is 226 g/mol. The second-order valence-electron chi connectivity index (χ2n) is 3.59. The van der Waals surface area contributed by atoms with Crippen molar-refractivity contribution >= 4 is 11.9 Å². The van der Waals surface area contributed by atoms with E-state index in [4.69, 9.17) is 9.84 Å². The molecule has 1 heterocycles. The summed E-state index contributed by atoms with van der Waals surface area (Å²) in [5.74, 6) is -1.50. The first-order valence-corrected chi connectivity index (χ1v) is 4.94. The van der Waals surface area contributed by atoms with Crippen LogP contribution in [0.4, 0.5) is 0 Å². The molecular weight excluding hydrogens is 212 g/mol. The van der Waals surface area contributed by atoms with Crippen LogP contribution in [0.5, 0.6) is 0 Å². The summed E-state index contributed by atoms with van der Waals surface area (Å²) in [4.78, 5) is 21.6. The Labute approximate surface area is 92.8 Å². The van der Waals surface area contributed by atoms with E-state index in [1.807, 2.05) is 0 Å². The van der Waals surface area contributed by atoms with Gasteiger partial charge in [-0.3, -0.25) is 9.48 Å². The Bertz CT molecular complexity index is 384. The number of hydrogen-bond acceptors (Lipinski definition) is 4. The van der Waals surface area contributed by atoms with Gasteiger partial charge in [0.1, 0.15) is 6.61 Å². The van der Waals surface area contributed by atoms with Crippen molar-refractivity contribution in [2.45, 2.75) is 20.4 Å². The van der Waals surface area contributed by atoms with Crippen molar-refractivity contribution in [3.05, 3.63) is 18.0 Å². The third-order valence-corrected chi connectivity index (χ3v) is 1.90. The molecule has 0 amide bonds.